The molecule has 0 radical (unpaired) electrons. The largest absolute Gasteiger partial charge is 0.495 e. The number of anilines is 2. The van der Waals surface area contributed by atoms with E-state index in [1.807, 2.05) is 18.2 Å². The van der Waals surface area contributed by atoms with Crippen LogP contribution in [0.25, 0.3) is 0 Å². The van der Waals surface area contributed by atoms with Crippen molar-refractivity contribution in [3.8, 4) is 5.75 Å². The molecule has 1 aliphatic carbocycles. The quantitative estimate of drug-likeness (QED) is 0.718. The molecule has 0 bridgehead atoms. The number of nitrogens with one attached hydrogen (secondary N) is 1. The molecule has 2 amide bonds. The summed E-state index contributed by atoms with van der Waals surface area (Å²) in [5, 5.41) is 3.59. The molecule has 166 valence electrons. The highest BCUT2D eigenvalue weighted by atomic mass is 32.1. The fourth-order valence-corrected chi connectivity index (χ4v) is 5.94. The van der Waals surface area contributed by atoms with Gasteiger partial charge in [-0.25, -0.2) is 0 Å². The summed E-state index contributed by atoms with van der Waals surface area (Å²) in [6.45, 7) is 5.74. The van der Waals surface area contributed by atoms with E-state index in [1.54, 1.807) is 7.11 Å². The maximum atomic E-state index is 12.8. The third-order valence-electron chi connectivity index (χ3n) is 6.18. The Labute approximate surface area is 187 Å². The fraction of sp³-hybridized carbons (Fsp3) is 0.478. The first-order valence-corrected chi connectivity index (χ1v) is 11.6. The minimum Gasteiger partial charge on any atom is -0.495 e. The summed E-state index contributed by atoms with van der Waals surface area (Å²) in [4.78, 5) is 30.4. The predicted molar refractivity (Wildman–Crippen MR) is 124 cm³/mol. The highest BCUT2D eigenvalue weighted by molar-refractivity contribution is 7.17. The van der Waals surface area contributed by atoms with Gasteiger partial charge in [0.05, 0.1) is 24.9 Å². The number of nitrogens with two attached hydrogens (primary N) is 1. The second kappa shape index (κ2) is 9.28. The molecular formula is C23H30N4O3S. The van der Waals surface area contributed by atoms with Crippen LogP contribution in [0, 0.1) is 5.92 Å². The molecule has 2 heterocycles. The Hall–Kier alpha value is -2.58. The number of piperazine rings is 1. The van der Waals surface area contributed by atoms with Crippen molar-refractivity contribution in [1.29, 1.82) is 0 Å². The zero-order chi connectivity index (χ0) is 22.0. The van der Waals surface area contributed by atoms with Crippen LogP contribution in [0.15, 0.2) is 24.3 Å². The molecule has 31 heavy (non-hydrogen) atoms. The highest BCUT2D eigenvalue weighted by Crippen LogP contribution is 2.39. The molecule has 2 aromatic rings. The Bertz CT molecular complexity index is 966. The molecule has 8 heteroatoms. The summed E-state index contributed by atoms with van der Waals surface area (Å²) in [7, 11) is 1.68. The molecule has 1 unspecified atom stereocenters. The average Bonchev–Trinajstić information content (AvgIpc) is 3.11. The fourth-order valence-electron chi connectivity index (χ4n) is 4.51. The molecule has 2 aliphatic rings. The molecule has 1 atom stereocenters. The van der Waals surface area contributed by atoms with Crippen molar-refractivity contribution in [2.45, 2.75) is 26.2 Å². The van der Waals surface area contributed by atoms with E-state index in [1.165, 1.54) is 16.2 Å². The summed E-state index contributed by atoms with van der Waals surface area (Å²) in [5.41, 5.74) is 8.30. The second-order valence-electron chi connectivity index (χ2n) is 8.40. The number of ether oxygens (including phenoxy) is 1. The van der Waals surface area contributed by atoms with Gasteiger partial charge in [0, 0.05) is 31.1 Å². The molecule has 1 fully saturated rings. The molecule has 1 saturated heterocycles. The Morgan fingerprint density at radius 3 is 2.68 bits per heavy atom. The number of benzene rings is 1. The topological polar surface area (TPSA) is 87.9 Å². The van der Waals surface area contributed by atoms with E-state index in [0.29, 0.717) is 23.0 Å². The maximum Gasteiger partial charge on any atom is 0.251 e. The molecule has 1 aliphatic heterocycles. The number of hydrogen-bond donors (Lipinski definition) is 2. The second-order valence-corrected chi connectivity index (χ2v) is 9.51. The molecular weight excluding hydrogens is 412 g/mol. The van der Waals surface area contributed by atoms with E-state index >= 15 is 0 Å². The lowest BCUT2D eigenvalue weighted by Crippen LogP contribution is -2.48. The number of thiophene rings is 1. The SMILES string of the molecule is COc1ccccc1N1CCN(CC(=O)Nc2sc3c(c2C(N)=O)CCC(C)C3)CC1. The normalized spacial score (nSPS) is 19.0. The van der Waals surface area contributed by atoms with Crippen LogP contribution in [-0.4, -0.2) is 56.5 Å². The standard InChI is InChI=1S/C23H30N4O3S/c1-15-7-8-16-19(13-15)31-23(21(16)22(24)29)25-20(28)14-26-9-11-27(12-10-26)17-5-3-4-6-18(17)30-2/h3-6,15H,7-14H2,1-2H3,(H2,24,29)(H,25,28). The monoisotopic (exact) mass is 442 g/mol. The van der Waals surface area contributed by atoms with Crippen LogP contribution in [0.5, 0.6) is 5.75 Å². The number of methoxy groups -OCH3 is 1. The van der Waals surface area contributed by atoms with Gasteiger partial charge in [0.2, 0.25) is 5.91 Å². The van der Waals surface area contributed by atoms with Gasteiger partial charge >= 0.3 is 0 Å². The van der Waals surface area contributed by atoms with Crippen LogP contribution in [0.4, 0.5) is 10.7 Å². The van der Waals surface area contributed by atoms with Gasteiger partial charge < -0.3 is 20.7 Å². The number of fused-ring (bicyclic) bond motifs is 1. The number of para-hydroxylation sites is 2. The third kappa shape index (κ3) is 4.70. The average molecular weight is 443 g/mol. The summed E-state index contributed by atoms with van der Waals surface area (Å²) >= 11 is 1.51. The lowest BCUT2D eigenvalue weighted by molar-refractivity contribution is -0.117. The number of amides is 2. The van der Waals surface area contributed by atoms with Crippen LogP contribution >= 0.6 is 11.3 Å². The van der Waals surface area contributed by atoms with E-state index in [4.69, 9.17) is 10.5 Å². The minimum absolute atomic E-state index is 0.0973. The van der Waals surface area contributed by atoms with Gasteiger partial charge in [-0.15, -0.1) is 11.3 Å². The Balaban J connectivity index is 1.37. The van der Waals surface area contributed by atoms with Crippen molar-refractivity contribution in [2.75, 3.05) is 50.1 Å². The minimum atomic E-state index is -0.451. The summed E-state index contributed by atoms with van der Waals surface area (Å²) in [5.74, 6) is 0.909. The van der Waals surface area contributed by atoms with Crippen LogP contribution < -0.4 is 20.7 Å². The van der Waals surface area contributed by atoms with Gasteiger partial charge in [0.15, 0.2) is 0 Å². The molecule has 1 aromatic carbocycles. The third-order valence-corrected chi connectivity index (χ3v) is 7.35. The van der Waals surface area contributed by atoms with Crippen LogP contribution in [-0.2, 0) is 17.6 Å². The van der Waals surface area contributed by atoms with E-state index in [-0.39, 0.29) is 5.91 Å². The zero-order valence-electron chi connectivity index (χ0n) is 18.1. The van der Waals surface area contributed by atoms with E-state index in [9.17, 15) is 9.59 Å². The van der Waals surface area contributed by atoms with Gasteiger partial charge in [-0.2, -0.15) is 0 Å². The Kier molecular flexibility index (Phi) is 6.48. The van der Waals surface area contributed by atoms with Crippen LogP contribution in [0.3, 0.4) is 0 Å². The molecule has 4 rings (SSSR count). The number of hydrogen-bond acceptors (Lipinski definition) is 6. The van der Waals surface area contributed by atoms with Crippen molar-refractivity contribution in [1.82, 2.24) is 4.90 Å². The smallest absolute Gasteiger partial charge is 0.251 e. The zero-order valence-corrected chi connectivity index (χ0v) is 19.0. The number of nitrogens with zero attached hydrogens (tertiary/aromatic N) is 2. The lowest BCUT2D eigenvalue weighted by Gasteiger charge is -2.36. The lowest BCUT2D eigenvalue weighted by atomic mass is 9.88. The highest BCUT2D eigenvalue weighted by Gasteiger charge is 2.28. The molecule has 3 N–H and O–H groups in total. The number of carbonyl (C=O) groups excluding carboxylic acids is 2. The van der Waals surface area contributed by atoms with Crippen LogP contribution in [0.2, 0.25) is 0 Å². The van der Waals surface area contributed by atoms with Gasteiger partial charge in [-0.05, 0) is 42.9 Å². The summed E-state index contributed by atoms with van der Waals surface area (Å²) in [6.07, 6.45) is 2.85. The van der Waals surface area contributed by atoms with Crippen LogP contribution in [0.1, 0.15) is 34.1 Å². The number of rotatable bonds is 6. The van der Waals surface area contributed by atoms with Gasteiger partial charge in [-0.1, -0.05) is 19.1 Å². The van der Waals surface area contributed by atoms with E-state index in [0.717, 1.165) is 62.4 Å². The van der Waals surface area contributed by atoms with Crippen molar-refractivity contribution in [2.24, 2.45) is 11.7 Å². The van der Waals surface area contributed by atoms with Crippen molar-refractivity contribution >= 4 is 33.8 Å². The van der Waals surface area contributed by atoms with Gasteiger partial charge in [0.1, 0.15) is 10.8 Å². The molecule has 7 nitrogen and oxygen atoms in total. The first-order chi connectivity index (χ1) is 15.0. The van der Waals surface area contributed by atoms with Gasteiger partial charge in [0.25, 0.3) is 5.91 Å². The van der Waals surface area contributed by atoms with E-state index in [2.05, 4.69) is 28.1 Å². The number of carbonyl (C=O) groups is 2. The Morgan fingerprint density at radius 2 is 1.97 bits per heavy atom. The first-order valence-electron chi connectivity index (χ1n) is 10.8. The van der Waals surface area contributed by atoms with Crippen molar-refractivity contribution in [3.63, 3.8) is 0 Å². The van der Waals surface area contributed by atoms with Crippen molar-refractivity contribution < 1.29 is 14.3 Å². The predicted octanol–water partition coefficient (Wildman–Crippen LogP) is 2.74. The summed E-state index contributed by atoms with van der Waals surface area (Å²) < 4.78 is 5.47. The Morgan fingerprint density at radius 1 is 1.23 bits per heavy atom. The van der Waals surface area contributed by atoms with Gasteiger partial charge in [-0.3, -0.25) is 14.5 Å². The number of primary amides is 1. The molecule has 1 aromatic heterocycles. The molecule has 0 spiro atoms. The van der Waals surface area contributed by atoms with E-state index < -0.39 is 5.91 Å². The maximum absolute atomic E-state index is 12.8. The summed E-state index contributed by atoms with van der Waals surface area (Å²) in [6, 6.07) is 8.00. The molecule has 0 saturated carbocycles. The first kappa shape index (κ1) is 21.6. The van der Waals surface area contributed by atoms with Crippen molar-refractivity contribution in [3.05, 3.63) is 40.3 Å².